The Balaban J connectivity index is 1.49. The topological polar surface area (TPSA) is 70.8 Å². The van der Waals surface area contributed by atoms with Gasteiger partial charge in [0.05, 0.1) is 6.26 Å². The third-order valence-corrected chi connectivity index (χ3v) is 5.68. The van der Waals surface area contributed by atoms with Gasteiger partial charge in [0.25, 0.3) is 11.7 Å². The number of nitrogens with zero attached hydrogens (tertiary/aromatic N) is 2. The van der Waals surface area contributed by atoms with Gasteiger partial charge in [-0.15, -0.1) is 0 Å². The Morgan fingerprint density at radius 2 is 1.88 bits per heavy atom. The first-order valence-electron chi connectivity index (χ1n) is 8.81. The van der Waals surface area contributed by atoms with Crippen molar-refractivity contribution in [1.82, 2.24) is 9.80 Å². The van der Waals surface area contributed by atoms with Crippen molar-refractivity contribution >= 4 is 17.6 Å². The average Bonchev–Trinajstić information content (AvgIpc) is 2.91. The van der Waals surface area contributed by atoms with Crippen LogP contribution in [0.3, 0.4) is 0 Å². The van der Waals surface area contributed by atoms with Gasteiger partial charge in [0, 0.05) is 31.6 Å². The van der Waals surface area contributed by atoms with E-state index in [2.05, 4.69) is 0 Å². The summed E-state index contributed by atoms with van der Waals surface area (Å²) in [6.07, 6.45) is 6.39. The summed E-state index contributed by atoms with van der Waals surface area (Å²) in [7, 11) is 0. The van der Waals surface area contributed by atoms with Crippen molar-refractivity contribution in [3.8, 4) is 0 Å². The first-order chi connectivity index (χ1) is 11.6. The molecule has 0 unspecified atom stereocenters. The minimum Gasteiger partial charge on any atom is -0.461 e. The molecule has 1 aromatic rings. The van der Waals surface area contributed by atoms with Crippen LogP contribution < -0.4 is 0 Å². The summed E-state index contributed by atoms with van der Waals surface area (Å²) >= 11 is 0. The Morgan fingerprint density at radius 1 is 1.04 bits per heavy atom. The third-order valence-electron chi connectivity index (χ3n) is 5.68. The van der Waals surface area contributed by atoms with Gasteiger partial charge in [-0.25, -0.2) is 0 Å². The fourth-order valence-corrected chi connectivity index (χ4v) is 4.07. The fraction of sp³-hybridized carbons (Fsp3) is 0.611. The summed E-state index contributed by atoms with van der Waals surface area (Å²) < 4.78 is 5.07. The molecule has 4 heterocycles. The normalized spacial score (nSPS) is 26.8. The van der Waals surface area contributed by atoms with Gasteiger partial charge in [-0.3, -0.25) is 14.4 Å². The van der Waals surface area contributed by atoms with Crippen LogP contribution in [0.1, 0.15) is 42.7 Å². The van der Waals surface area contributed by atoms with Crippen molar-refractivity contribution in [2.24, 2.45) is 11.8 Å². The molecule has 0 aromatic carbocycles. The summed E-state index contributed by atoms with van der Waals surface area (Å²) in [5.41, 5.74) is 0. The zero-order valence-electron chi connectivity index (χ0n) is 13.6. The maximum absolute atomic E-state index is 12.6. The summed E-state index contributed by atoms with van der Waals surface area (Å²) in [4.78, 5) is 41.1. The Bertz CT molecular complexity index is 650. The number of ketones is 1. The van der Waals surface area contributed by atoms with Crippen LogP contribution in [0, 0.1) is 11.8 Å². The average molecular weight is 330 g/mol. The minimum absolute atomic E-state index is 0.0563. The number of carbonyl (C=O) groups is 3. The lowest BCUT2D eigenvalue weighted by molar-refractivity contribution is -0.139. The van der Waals surface area contributed by atoms with Crippen molar-refractivity contribution < 1.29 is 18.8 Å². The highest BCUT2D eigenvalue weighted by Crippen LogP contribution is 2.33. The van der Waals surface area contributed by atoms with Crippen molar-refractivity contribution in [3.05, 3.63) is 24.2 Å². The summed E-state index contributed by atoms with van der Waals surface area (Å²) in [6.45, 7) is 1.83. The number of Topliss-reactive ketones (excluding diaryl/α,β-unsaturated/α-hetero) is 1. The van der Waals surface area contributed by atoms with Gasteiger partial charge >= 0.3 is 0 Å². The number of fused-ring (bicyclic) bond motifs is 4. The summed E-state index contributed by atoms with van der Waals surface area (Å²) in [5, 5.41) is 0. The molecule has 4 aliphatic rings. The summed E-state index contributed by atoms with van der Waals surface area (Å²) in [6, 6.07) is 3.07. The van der Waals surface area contributed by atoms with E-state index in [1.54, 1.807) is 11.0 Å². The summed E-state index contributed by atoms with van der Waals surface area (Å²) in [5.74, 6) is -0.327. The van der Waals surface area contributed by atoms with Crippen molar-refractivity contribution in [2.75, 3.05) is 19.6 Å². The van der Waals surface area contributed by atoms with Crippen LogP contribution >= 0.6 is 0 Å². The number of hydrogen-bond donors (Lipinski definition) is 0. The second kappa shape index (κ2) is 6.07. The van der Waals surface area contributed by atoms with Gasteiger partial charge in [-0.05, 0) is 43.7 Å². The lowest BCUT2D eigenvalue weighted by Gasteiger charge is -2.35. The van der Waals surface area contributed by atoms with E-state index in [0.29, 0.717) is 19.6 Å². The highest BCUT2D eigenvalue weighted by atomic mass is 16.3. The van der Waals surface area contributed by atoms with Gasteiger partial charge in [0.15, 0.2) is 5.76 Å². The largest absolute Gasteiger partial charge is 0.461 e. The third kappa shape index (κ3) is 2.64. The molecule has 1 aliphatic carbocycles. The zero-order chi connectivity index (χ0) is 16.7. The lowest BCUT2D eigenvalue weighted by atomic mass is 9.84. The van der Waals surface area contributed by atoms with E-state index in [1.807, 2.05) is 4.90 Å². The van der Waals surface area contributed by atoms with Gasteiger partial charge in [0.1, 0.15) is 0 Å². The molecule has 5 rings (SSSR count). The first kappa shape index (κ1) is 15.4. The monoisotopic (exact) mass is 330 g/mol. The highest BCUT2D eigenvalue weighted by molar-refractivity contribution is 6.42. The quantitative estimate of drug-likeness (QED) is 0.625. The van der Waals surface area contributed by atoms with Crippen LogP contribution in [-0.4, -0.2) is 53.1 Å². The molecule has 1 saturated carbocycles. The molecule has 2 atom stereocenters. The van der Waals surface area contributed by atoms with Crippen LogP contribution in [0.4, 0.5) is 0 Å². The molecule has 3 saturated heterocycles. The van der Waals surface area contributed by atoms with E-state index in [0.717, 1.165) is 32.1 Å². The van der Waals surface area contributed by atoms with Gasteiger partial charge in [-0.1, -0.05) is 6.42 Å². The molecule has 2 bridgehead atoms. The molecule has 3 aliphatic heterocycles. The van der Waals surface area contributed by atoms with Crippen molar-refractivity contribution in [1.29, 1.82) is 0 Å². The number of carbonyl (C=O) groups excluding carboxylic acids is 3. The second-order valence-electron chi connectivity index (χ2n) is 7.23. The maximum Gasteiger partial charge on any atom is 0.298 e. The number of furan rings is 1. The number of piperidine rings is 1. The molecule has 0 radical (unpaired) electrons. The van der Waals surface area contributed by atoms with E-state index in [-0.39, 0.29) is 29.5 Å². The van der Waals surface area contributed by atoms with Gasteiger partial charge in [0.2, 0.25) is 5.91 Å². The molecular weight excluding hydrogens is 308 g/mol. The standard InChI is InChI=1S/C18H22N2O4/c21-16(15-5-2-8-24-15)18(23)20-10-12-6-7-14(20)11-19(9-12)17(22)13-3-1-4-13/h2,5,8,12-14H,1,3-4,6-7,9-11H2/t12-,14+/m0/s1. The van der Waals surface area contributed by atoms with Gasteiger partial charge in [-0.2, -0.15) is 0 Å². The predicted molar refractivity (Wildman–Crippen MR) is 85.2 cm³/mol. The van der Waals surface area contributed by atoms with Crippen LogP contribution in [-0.2, 0) is 9.59 Å². The van der Waals surface area contributed by atoms with Crippen molar-refractivity contribution in [2.45, 2.75) is 38.1 Å². The molecule has 24 heavy (non-hydrogen) atoms. The Morgan fingerprint density at radius 3 is 2.54 bits per heavy atom. The van der Waals surface area contributed by atoms with E-state index in [9.17, 15) is 14.4 Å². The molecule has 128 valence electrons. The van der Waals surface area contributed by atoms with Gasteiger partial charge < -0.3 is 14.2 Å². The smallest absolute Gasteiger partial charge is 0.298 e. The lowest BCUT2D eigenvalue weighted by Crippen LogP contribution is -2.50. The Kier molecular flexibility index (Phi) is 3.90. The Hall–Kier alpha value is -2.11. The van der Waals surface area contributed by atoms with Crippen LogP contribution in [0.25, 0.3) is 0 Å². The SMILES string of the molecule is O=C(C(=O)N1C[C@H]2CC[C@@H]1CN(C(=O)C1CCC1)C2)c1ccco1. The van der Waals surface area contributed by atoms with Crippen molar-refractivity contribution in [3.63, 3.8) is 0 Å². The van der Waals surface area contributed by atoms with E-state index in [1.165, 1.54) is 12.3 Å². The van der Waals surface area contributed by atoms with E-state index >= 15 is 0 Å². The fourth-order valence-electron chi connectivity index (χ4n) is 4.07. The Labute approximate surface area is 140 Å². The van der Waals surface area contributed by atoms with Crippen LogP contribution in [0.15, 0.2) is 22.8 Å². The zero-order valence-corrected chi connectivity index (χ0v) is 13.6. The predicted octanol–water partition coefficient (Wildman–Crippen LogP) is 1.71. The minimum atomic E-state index is -0.593. The molecule has 4 fully saturated rings. The van der Waals surface area contributed by atoms with Crippen LogP contribution in [0.5, 0.6) is 0 Å². The molecule has 6 nitrogen and oxygen atoms in total. The number of amides is 2. The van der Waals surface area contributed by atoms with Crippen LogP contribution in [0.2, 0.25) is 0 Å². The maximum atomic E-state index is 12.6. The highest BCUT2D eigenvalue weighted by Gasteiger charge is 2.42. The number of hydrogen-bond acceptors (Lipinski definition) is 4. The first-order valence-corrected chi connectivity index (χ1v) is 8.81. The second-order valence-corrected chi connectivity index (χ2v) is 7.23. The van der Waals surface area contributed by atoms with E-state index in [4.69, 9.17) is 4.42 Å². The molecule has 0 spiro atoms. The molecule has 1 aromatic heterocycles. The molecular formula is C18H22N2O4. The molecule has 2 amide bonds. The number of rotatable bonds is 3. The van der Waals surface area contributed by atoms with E-state index < -0.39 is 11.7 Å². The molecule has 6 heteroatoms. The molecule has 0 N–H and O–H groups in total.